The van der Waals surface area contributed by atoms with E-state index >= 15 is 0 Å². The highest BCUT2D eigenvalue weighted by atomic mass is 79.9. The number of nitrogens with one attached hydrogen (secondary N) is 2. The van der Waals surface area contributed by atoms with E-state index in [9.17, 15) is 8.42 Å². The molecule has 0 fully saturated rings. The molecule has 2 aliphatic rings. The van der Waals surface area contributed by atoms with Crippen LogP contribution in [0.1, 0.15) is 29.5 Å². The van der Waals surface area contributed by atoms with E-state index in [4.69, 9.17) is 23.2 Å². The standard InChI is InChI=1S/C24H19BrCl2N2O2S/c25-20-7-2-1-4-18(20)24-17-6-3-5-16(17)19-13-15(9-11-22(19)28-24)32(30,31)29-23-10-8-14(26)12-21(23)27/h1-5,7-13,16-17,24,28-29H,6H2/t16-,17+,24-/m0/s1. The Morgan fingerprint density at radius 3 is 2.59 bits per heavy atom. The van der Waals surface area contributed by atoms with E-state index in [1.807, 2.05) is 24.3 Å². The molecule has 0 bridgehead atoms. The third-order valence-electron chi connectivity index (χ3n) is 6.06. The predicted molar refractivity (Wildman–Crippen MR) is 134 cm³/mol. The molecular formula is C24H19BrCl2N2O2S. The molecule has 0 spiro atoms. The van der Waals surface area contributed by atoms with Gasteiger partial charge in [-0.25, -0.2) is 8.42 Å². The van der Waals surface area contributed by atoms with Crippen molar-refractivity contribution in [3.63, 3.8) is 0 Å². The first-order chi connectivity index (χ1) is 15.3. The summed E-state index contributed by atoms with van der Waals surface area (Å²) in [4.78, 5) is 0.197. The van der Waals surface area contributed by atoms with Gasteiger partial charge in [-0.15, -0.1) is 0 Å². The normalized spacial score (nSPS) is 21.5. The van der Waals surface area contributed by atoms with E-state index in [1.165, 1.54) is 11.6 Å². The first kappa shape index (κ1) is 21.8. The third kappa shape index (κ3) is 3.94. The molecule has 4 nitrogen and oxygen atoms in total. The highest BCUT2D eigenvalue weighted by Crippen LogP contribution is 2.51. The zero-order valence-electron chi connectivity index (χ0n) is 16.7. The van der Waals surface area contributed by atoms with Gasteiger partial charge in [0.2, 0.25) is 0 Å². The molecule has 0 aromatic heterocycles. The molecule has 1 heterocycles. The van der Waals surface area contributed by atoms with Crippen LogP contribution in [0.15, 0.2) is 82.2 Å². The zero-order valence-corrected chi connectivity index (χ0v) is 20.6. The van der Waals surface area contributed by atoms with Crippen molar-refractivity contribution in [2.75, 3.05) is 10.0 Å². The topological polar surface area (TPSA) is 58.2 Å². The quantitative estimate of drug-likeness (QED) is 0.334. The molecule has 0 saturated heterocycles. The van der Waals surface area contributed by atoms with E-state index in [0.717, 1.165) is 22.1 Å². The van der Waals surface area contributed by atoms with Gasteiger partial charge in [0.1, 0.15) is 0 Å². The van der Waals surface area contributed by atoms with Gasteiger partial charge in [-0.2, -0.15) is 0 Å². The fraction of sp³-hybridized carbons (Fsp3) is 0.167. The minimum Gasteiger partial charge on any atom is -0.378 e. The molecule has 5 rings (SSSR count). The lowest BCUT2D eigenvalue weighted by Gasteiger charge is -2.38. The Hall–Kier alpha value is -1.99. The number of allylic oxidation sites excluding steroid dienone is 2. The second kappa shape index (κ2) is 8.41. The first-order valence-electron chi connectivity index (χ1n) is 10.1. The Labute approximate surface area is 205 Å². The van der Waals surface area contributed by atoms with Crippen LogP contribution in [0.3, 0.4) is 0 Å². The number of hydrogen-bond acceptors (Lipinski definition) is 3. The van der Waals surface area contributed by atoms with E-state index in [-0.39, 0.29) is 21.9 Å². The number of sulfonamides is 1. The summed E-state index contributed by atoms with van der Waals surface area (Å²) >= 11 is 15.8. The predicted octanol–water partition coefficient (Wildman–Crippen LogP) is 7.38. The number of hydrogen-bond donors (Lipinski definition) is 2. The molecule has 32 heavy (non-hydrogen) atoms. The summed E-state index contributed by atoms with van der Waals surface area (Å²) in [7, 11) is -3.82. The van der Waals surface area contributed by atoms with Crippen LogP contribution in [0.5, 0.6) is 0 Å². The fourth-order valence-corrected chi connectivity index (χ4v) is 6.71. The molecule has 8 heteroatoms. The molecule has 164 valence electrons. The van der Waals surface area contributed by atoms with E-state index in [0.29, 0.717) is 16.6 Å². The maximum Gasteiger partial charge on any atom is 0.261 e. The van der Waals surface area contributed by atoms with Crippen molar-refractivity contribution in [2.24, 2.45) is 5.92 Å². The smallest absolute Gasteiger partial charge is 0.261 e. The Bertz CT molecular complexity index is 1340. The molecule has 3 atom stereocenters. The van der Waals surface area contributed by atoms with Gasteiger partial charge in [-0.3, -0.25) is 4.72 Å². The van der Waals surface area contributed by atoms with Crippen molar-refractivity contribution >= 4 is 60.5 Å². The summed E-state index contributed by atoms with van der Waals surface area (Å²) in [5, 5.41) is 4.34. The van der Waals surface area contributed by atoms with Gasteiger partial charge in [0, 0.05) is 21.1 Å². The highest BCUT2D eigenvalue weighted by Gasteiger charge is 2.39. The van der Waals surface area contributed by atoms with Crippen LogP contribution in [0.25, 0.3) is 0 Å². The number of anilines is 2. The highest BCUT2D eigenvalue weighted by molar-refractivity contribution is 9.10. The molecule has 3 aromatic rings. The summed E-state index contributed by atoms with van der Waals surface area (Å²) in [6, 6.07) is 18.2. The largest absolute Gasteiger partial charge is 0.378 e. The minimum absolute atomic E-state index is 0.131. The third-order valence-corrected chi connectivity index (χ3v) is 8.69. The van der Waals surface area contributed by atoms with Gasteiger partial charge >= 0.3 is 0 Å². The molecule has 0 unspecified atom stereocenters. The van der Waals surface area contributed by atoms with E-state index in [2.05, 4.69) is 44.2 Å². The SMILES string of the molecule is O=S(=O)(Nc1ccc(Cl)cc1Cl)c1ccc2c(c1)[C@H]1C=CC[C@H]1[C@@H](c1ccccc1Br)N2. The zero-order chi connectivity index (χ0) is 22.5. The van der Waals surface area contributed by atoms with E-state index < -0.39 is 10.0 Å². The van der Waals surface area contributed by atoms with Gasteiger partial charge in [0.25, 0.3) is 10.0 Å². The number of halogens is 3. The Morgan fingerprint density at radius 1 is 1.00 bits per heavy atom. The van der Waals surface area contributed by atoms with Crippen molar-refractivity contribution in [1.82, 2.24) is 0 Å². The van der Waals surface area contributed by atoms with Gasteiger partial charge in [0.15, 0.2) is 0 Å². The summed E-state index contributed by atoms with van der Waals surface area (Å²) < 4.78 is 29.8. The van der Waals surface area contributed by atoms with Crippen molar-refractivity contribution in [1.29, 1.82) is 0 Å². The van der Waals surface area contributed by atoms with Crippen LogP contribution < -0.4 is 10.0 Å². The first-order valence-corrected chi connectivity index (χ1v) is 13.2. The fourth-order valence-electron chi connectivity index (χ4n) is 4.55. The Morgan fingerprint density at radius 2 is 1.81 bits per heavy atom. The minimum atomic E-state index is -3.82. The molecule has 1 aliphatic carbocycles. The van der Waals surface area contributed by atoms with Crippen molar-refractivity contribution in [3.8, 4) is 0 Å². The Balaban J connectivity index is 1.50. The van der Waals surface area contributed by atoms with Crippen molar-refractivity contribution < 1.29 is 8.42 Å². The summed E-state index contributed by atoms with van der Waals surface area (Å²) in [5.74, 6) is 0.440. The lowest BCUT2D eigenvalue weighted by atomic mass is 9.77. The lowest BCUT2D eigenvalue weighted by Crippen LogP contribution is -2.29. The number of fused-ring (bicyclic) bond motifs is 3. The molecule has 1 aliphatic heterocycles. The second-order valence-corrected chi connectivity index (χ2v) is 11.4. The van der Waals surface area contributed by atoms with Gasteiger partial charge < -0.3 is 5.32 Å². The number of benzene rings is 3. The van der Waals surface area contributed by atoms with E-state index in [1.54, 1.807) is 24.3 Å². The average molecular weight is 550 g/mol. The molecule has 0 saturated carbocycles. The van der Waals surface area contributed by atoms with Crippen LogP contribution in [-0.2, 0) is 10.0 Å². The van der Waals surface area contributed by atoms with Gasteiger partial charge in [0.05, 0.1) is 21.6 Å². The molecule has 3 aromatic carbocycles. The van der Waals surface area contributed by atoms with Gasteiger partial charge in [-0.1, -0.05) is 69.5 Å². The molecule has 0 amide bonds. The average Bonchev–Trinajstić information content (AvgIpc) is 3.26. The second-order valence-electron chi connectivity index (χ2n) is 7.98. The summed E-state index contributed by atoms with van der Waals surface area (Å²) in [6.07, 6.45) is 5.30. The molecule has 0 radical (unpaired) electrons. The van der Waals surface area contributed by atoms with Crippen molar-refractivity contribution in [3.05, 3.63) is 98.5 Å². The van der Waals surface area contributed by atoms with Crippen LogP contribution in [0, 0.1) is 5.92 Å². The maximum atomic E-state index is 13.1. The molecular weight excluding hydrogens is 531 g/mol. The van der Waals surface area contributed by atoms with Crippen LogP contribution in [0.4, 0.5) is 11.4 Å². The van der Waals surface area contributed by atoms with Crippen LogP contribution in [0.2, 0.25) is 10.0 Å². The van der Waals surface area contributed by atoms with Crippen LogP contribution >= 0.6 is 39.1 Å². The number of rotatable bonds is 4. The van der Waals surface area contributed by atoms with Crippen molar-refractivity contribution in [2.45, 2.75) is 23.3 Å². The van der Waals surface area contributed by atoms with Gasteiger partial charge in [-0.05, 0) is 65.9 Å². The maximum absolute atomic E-state index is 13.1. The summed E-state index contributed by atoms with van der Waals surface area (Å²) in [5.41, 5.74) is 3.42. The summed E-state index contributed by atoms with van der Waals surface area (Å²) in [6.45, 7) is 0. The molecule has 2 N–H and O–H groups in total. The Kier molecular flexibility index (Phi) is 5.74. The van der Waals surface area contributed by atoms with Crippen LogP contribution in [-0.4, -0.2) is 8.42 Å². The monoisotopic (exact) mass is 548 g/mol. The lowest BCUT2D eigenvalue weighted by molar-refractivity contribution is 0.424.